The highest BCUT2D eigenvalue weighted by Crippen LogP contribution is 2.41. The van der Waals surface area contributed by atoms with Gasteiger partial charge in [-0.05, 0) is 48.9 Å². The Morgan fingerprint density at radius 2 is 2.04 bits per heavy atom. The number of thiophene rings is 1. The van der Waals surface area contributed by atoms with E-state index in [9.17, 15) is 4.79 Å². The number of nitrogens with zero attached hydrogens (tertiary/aromatic N) is 3. The summed E-state index contributed by atoms with van der Waals surface area (Å²) in [6.45, 7) is 2.67. The summed E-state index contributed by atoms with van der Waals surface area (Å²) in [5.74, 6) is 1.20. The quantitative estimate of drug-likeness (QED) is 0.429. The van der Waals surface area contributed by atoms with Gasteiger partial charge in [0.15, 0.2) is 0 Å². The van der Waals surface area contributed by atoms with Gasteiger partial charge in [-0.25, -0.2) is 15.0 Å². The lowest BCUT2D eigenvalue weighted by molar-refractivity contribution is 0.0949. The summed E-state index contributed by atoms with van der Waals surface area (Å²) in [5, 5.41) is 11.8. The molecule has 0 unspecified atom stereocenters. The van der Waals surface area contributed by atoms with Gasteiger partial charge in [0, 0.05) is 34.3 Å². The molecule has 1 amide bonds. The molecule has 5 rings (SSSR count). The van der Waals surface area contributed by atoms with Crippen LogP contribution in [0, 0.1) is 0 Å². The SMILES string of the molecule is C[C@@H]1CNc2c(sc3ccc4nc(Nc5ccnc(Cl)n5)ccc4c23)C(=O)N1. The highest BCUT2D eigenvalue weighted by molar-refractivity contribution is 7.21. The maximum atomic E-state index is 12.5. The normalized spacial score (nSPS) is 16.4. The van der Waals surface area contributed by atoms with Crippen LogP contribution in [-0.2, 0) is 0 Å². The van der Waals surface area contributed by atoms with Crippen LogP contribution in [0.25, 0.3) is 21.0 Å². The first-order valence-corrected chi connectivity index (χ1v) is 9.94. The number of aromatic nitrogens is 3. The van der Waals surface area contributed by atoms with Gasteiger partial charge in [0.1, 0.15) is 16.5 Å². The zero-order chi connectivity index (χ0) is 19.3. The molecule has 4 heterocycles. The van der Waals surface area contributed by atoms with Gasteiger partial charge in [0.2, 0.25) is 5.28 Å². The lowest BCUT2D eigenvalue weighted by atomic mass is 10.1. The van der Waals surface area contributed by atoms with E-state index in [4.69, 9.17) is 16.6 Å². The number of benzene rings is 1. The fourth-order valence-electron chi connectivity index (χ4n) is 3.33. The minimum absolute atomic E-state index is 0.0336. The highest BCUT2D eigenvalue weighted by Gasteiger charge is 2.24. The number of halogens is 1. The van der Waals surface area contributed by atoms with Gasteiger partial charge in [-0.2, -0.15) is 0 Å². The molecule has 0 fully saturated rings. The molecule has 0 saturated heterocycles. The molecule has 28 heavy (non-hydrogen) atoms. The molecule has 9 heteroatoms. The summed E-state index contributed by atoms with van der Waals surface area (Å²) in [7, 11) is 0. The van der Waals surface area contributed by atoms with E-state index in [2.05, 4.69) is 25.9 Å². The van der Waals surface area contributed by atoms with Crippen molar-refractivity contribution >= 4 is 67.2 Å². The molecule has 0 aliphatic carbocycles. The highest BCUT2D eigenvalue weighted by atomic mass is 35.5. The molecule has 1 aromatic carbocycles. The monoisotopic (exact) mass is 410 g/mol. The van der Waals surface area contributed by atoms with Crippen LogP contribution in [0.2, 0.25) is 5.28 Å². The predicted molar refractivity (Wildman–Crippen MR) is 113 cm³/mol. The van der Waals surface area contributed by atoms with Crippen LogP contribution in [0.5, 0.6) is 0 Å². The molecule has 3 aromatic heterocycles. The minimum atomic E-state index is -0.0336. The molecular formula is C19H15ClN6OS. The van der Waals surface area contributed by atoms with Gasteiger partial charge in [-0.3, -0.25) is 4.79 Å². The first-order valence-electron chi connectivity index (χ1n) is 8.75. The summed E-state index contributed by atoms with van der Waals surface area (Å²) in [5.41, 5.74) is 1.72. The molecule has 140 valence electrons. The fourth-order valence-corrected chi connectivity index (χ4v) is 4.58. The number of pyridine rings is 1. The summed E-state index contributed by atoms with van der Waals surface area (Å²) in [4.78, 5) is 25.9. The van der Waals surface area contributed by atoms with Gasteiger partial charge >= 0.3 is 0 Å². The number of anilines is 3. The van der Waals surface area contributed by atoms with E-state index >= 15 is 0 Å². The molecule has 0 spiro atoms. The number of hydrogen-bond donors (Lipinski definition) is 3. The van der Waals surface area contributed by atoms with Crippen molar-refractivity contribution in [3.05, 3.63) is 46.7 Å². The molecule has 1 aliphatic rings. The average molecular weight is 411 g/mol. The largest absolute Gasteiger partial charge is 0.381 e. The second-order valence-electron chi connectivity index (χ2n) is 6.60. The average Bonchev–Trinajstić information content (AvgIpc) is 2.99. The van der Waals surface area contributed by atoms with E-state index < -0.39 is 0 Å². The Morgan fingerprint density at radius 1 is 1.18 bits per heavy atom. The Bertz CT molecular complexity index is 1240. The number of carbonyl (C=O) groups excluding carboxylic acids is 1. The van der Waals surface area contributed by atoms with Crippen molar-refractivity contribution in [1.29, 1.82) is 0 Å². The Morgan fingerprint density at radius 3 is 2.89 bits per heavy atom. The van der Waals surface area contributed by atoms with Crippen molar-refractivity contribution in [3.8, 4) is 0 Å². The molecule has 0 saturated carbocycles. The van der Waals surface area contributed by atoms with Gasteiger partial charge in [0.25, 0.3) is 5.91 Å². The minimum Gasteiger partial charge on any atom is -0.381 e. The van der Waals surface area contributed by atoms with Crippen molar-refractivity contribution in [2.24, 2.45) is 0 Å². The summed E-state index contributed by atoms with van der Waals surface area (Å²) in [6.07, 6.45) is 1.58. The number of rotatable bonds is 2. The molecule has 7 nitrogen and oxygen atoms in total. The lowest BCUT2D eigenvalue weighted by Gasteiger charge is -2.10. The third kappa shape index (κ3) is 2.90. The van der Waals surface area contributed by atoms with Crippen molar-refractivity contribution < 1.29 is 4.79 Å². The van der Waals surface area contributed by atoms with Crippen molar-refractivity contribution in [1.82, 2.24) is 20.3 Å². The van der Waals surface area contributed by atoms with E-state index in [1.807, 2.05) is 31.2 Å². The zero-order valence-corrected chi connectivity index (χ0v) is 16.4. The van der Waals surface area contributed by atoms with E-state index in [1.165, 1.54) is 11.3 Å². The Balaban J connectivity index is 1.62. The maximum Gasteiger partial charge on any atom is 0.263 e. The van der Waals surface area contributed by atoms with Crippen molar-refractivity contribution in [3.63, 3.8) is 0 Å². The van der Waals surface area contributed by atoms with Crippen LogP contribution in [0.1, 0.15) is 16.6 Å². The molecule has 1 aliphatic heterocycles. The first kappa shape index (κ1) is 17.2. The number of nitrogens with one attached hydrogen (secondary N) is 3. The van der Waals surface area contributed by atoms with Gasteiger partial charge in [0.05, 0.1) is 11.2 Å². The Labute approximate surface area is 169 Å². The second kappa shape index (κ2) is 6.57. The molecular weight excluding hydrogens is 396 g/mol. The van der Waals surface area contributed by atoms with Crippen LogP contribution in [0.15, 0.2) is 36.5 Å². The number of hydrogen-bond acceptors (Lipinski definition) is 7. The zero-order valence-electron chi connectivity index (χ0n) is 14.8. The van der Waals surface area contributed by atoms with E-state index in [0.717, 1.165) is 26.7 Å². The third-order valence-corrected chi connectivity index (χ3v) is 5.91. The van der Waals surface area contributed by atoms with Crippen LogP contribution in [-0.4, -0.2) is 33.4 Å². The summed E-state index contributed by atoms with van der Waals surface area (Å²) >= 11 is 7.34. The molecule has 4 aromatic rings. The molecule has 0 radical (unpaired) electrons. The lowest BCUT2D eigenvalue weighted by Crippen LogP contribution is -2.34. The summed E-state index contributed by atoms with van der Waals surface area (Å²) in [6, 6.07) is 9.67. The maximum absolute atomic E-state index is 12.5. The fraction of sp³-hybridized carbons (Fsp3) is 0.158. The first-order chi connectivity index (χ1) is 13.6. The molecule has 1 atom stereocenters. The van der Waals surface area contributed by atoms with Crippen LogP contribution >= 0.6 is 22.9 Å². The van der Waals surface area contributed by atoms with E-state index in [1.54, 1.807) is 12.3 Å². The third-order valence-electron chi connectivity index (χ3n) is 4.57. The standard InChI is InChI=1S/C19H15ClN6OS/c1-9-8-22-16-15-10-2-5-13(25-14-6-7-21-19(20)26-14)24-11(10)3-4-12(15)28-17(16)18(27)23-9/h2-7,9,22H,8H2,1H3,(H,23,27)(H,21,24,25,26)/t9-/m1/s1. The number of amides is 1. The van der Waals surface area contributed by atoms with Crippen LogP contribution in [0.4, 0.5) is 17.3 Å². The van der Waals surface area contributed by atoms with E-state index in [0.29, 0.717) is 23.1 Å². The number of carbonyl (C=O) groups is 1. The van der Waals surface area contributed by atoms with Crippen molar-refractivity contribution in [2.45, 2.75) is 13.0 Å². The predicted octanol–water partition coefficient (Wildman–Crippen LogP) is 4.18. The smallest absolute Gasteiger partial charge is 0.263 e. The van der Waals surface area contributed by atoms with Gasteiger partial charge < -0.3 is 16.0 Å². The Hall–Kier alpha value is -2.97. The van der Waals surface area contributed by atoms with Crippen LogP contribution in [0.3, 0.4) is 0 Å². The molecule has 0 bridgehead atoms. The van der Waals surface area contributed by atoms with Crippen LogP contribution < -0.4 is 16.0 Å². The second-order valence-corrected chi connectivity index (χ2v) is 7.99. The summed E-state index contributed by atoms with van der Waals surface area (Å²) < 4.78 is 1.06. The number of fused-ring (bicyclic) bond motifs is 5. The van der Waals surface area contributed by atoms with Crippen molar-refractivity contribution in [2.75, 3.05) is 17.2 Å². The Kier molecular flexibility index (Phi) is 4.03. The molecule has 3 N–H and O–H groups in total. The van der Waals surface area contributed by atoms with Gasteiger partial charge in [-0.15, -0.1) is 11.3 Å². The van der Waals surface area contributed by atoms with Gasteiger partial charge in [-0.1, -0.05) is 0 Å². The topological polar surface area (TPSA) is 91.8 Å². The van der Waals surface area contributed by atoms with E-state index in [-0.39, 0.29) is 17.2 Å².